The van der Waals surface area contributed by atoms with Crippen LogP contribution in [-0.4, -0.2) is 23.1 Å². The molecule has 104 valence electrons. The predicted octanol–water partition coefficient (Wildman–Crippen LogP) is 4.35. The number of alkyl halides is 1. The molecule has 0 aliphatic carbocycles. The van der Waals surface area contributed by atoms with E-state index in [0.717, 1.165) is 16.8 Å². The number of ether oxygens (including phenoxy) is 1. The van der Waals surface area contributed by atoms with Gasteiger partial charge in [-0.3, -0.25) is 0 Å². The first-order chi connectivity index (χ1) is 9.24. The fourth-order valence-electron chi connectivity index (χ4n) is 2.82. The van der Waals surface area contributed by atoms with E-state index in [9.17, 15) is 0 Å². The molecule has 1 aliphatic heterocycles. The fraction of sp³-hybridized carbons (Fsp3) is 0.500. The molecular weight excluding hydrogens is 349 g/mol. The second-order valence-corrected chi connectivity index (χ2v) is 5.82. The minimum atomic E-state index is 0.186. The summed E-state index contributed by atoms with van der Waals surface area (Å²) < 4.78 is 6.44. The number of halogens is 1. The Bertz CT molecular complexity index is 446. The lowest BCUT2D eigenvalue weighted by Gasteiger charge is -2.37. The van der Waals surface area contributed by atoms with Crippen molar-refractivity contribution in [1.29, 1.82) is 0 Å². The van der Waals surface area contributed by atoms with Crippen LogP contribution in [-0.2, 0) is 5.41 Å². The fourth-order valence-corrected chi connectivity index (χ4v) is 3.39. The van der Waals surface area contributed by atoms with Gasteiger partial charge in [-0.25, -0.2) is 0 Å². The standard InChI is InChI=1S/C16H22INO/c1-3-7-16(8-10-18(13-17)11-9-16)14-5-4-6-15(12-14)19-2/h4-6,8,10,12H,3,7,9,11,13H2,1-2H3. The molecule has 1 aromatic rings. The van der Waals surface area contributed by atoms with Gasteiger partial charge in [0.1, 0.15) is 5.75 Å². The number of allylic oxidation sites excluding steroid dienone is 1. The van der Waals surface area contributed by atoms with Gasteiger partial charge in [0.25, 0.3) is 0 Å². The highest BCUT2D eigenvalue weighted by atomic mass is 127. The van der Waals surface area contributed by atoms with Gasteiger partial charge < -0.3 is 9.64 Å². The quantitative estimate of drug-likeness (QED) is 0.434. The summed E-state index contributed by atoms with van der Waals surface area (Å²) in [6.07, 6.45) is 8.25. The van der Waals surface area contributed by atoms with E-state index in [1.165, 1.54) is 24.8 Å². The SMILES string of the molecule is CCCC1(c2cccc(OC)c2)C=CN(CI)CC1. The van der Waals surface area contributed by atoms with Crippen molar-refractivity contribution in [3.05, 3.63) is 42.1 Å². The zero-order chi connectivity index (χ0) is 13.7. The molecular formula is C16H22INO. The molecule has 2 nitrogen and oxygen atoms in total. The third kappa shape index (κ3) is 3.25. The molecule has 3 heteroatoms. The molecule has 0 saturated carbocycles. The Morgan fingerprint density at radius 1 is 1.42 bits per heavy atom. The minimum absolute atomic E-state index is 0.186. The van der Waals surface area contributed by atoms with Gasteiger partial charge in [0.2, 0.25) is 0 Å². The number of rotatable bonds is 5. The first-order valence-electron chi connectivity index (χ1n) is 6.88. The van der Waals surface area contributed by atoms with E-state index in [0.29, 0.717) is 0 Å². The zero-order valence-electron chi connectivity index (χ0n) is 11.7. The van der Waals surface area contributed by atoms with Gasteiger partial charge >= 0.3 is 0 Å². The maximum Gasteiger partial charge on any atom is 0.119 e. The highest BCUT2D eigenvalue weighted by molar-refractivity contribution is 14.1. The van der Waals surface area contributed by atoms with Crippen molar-refractivity contribution < 1.29 is 4.74 Å². The van der Waals surface area contributed by atoms with Crippen LogP contribution < -0.4 is 4.74 Å². The Hall–Kier alpha value is -0.710. The van der Waals surface area contributed by atoms with Gasteiger partial charge in [0.05, 0.1) is 11.7 Å². The molecule has 1 aliphatic rings. The zero-order valence-corrected chi connectivity index (χ0v) is 13.9. The van der Waals surface area contributed by atoms with Crippen LogP contribution in [0.15, 0.2) is 36.5 Å². The summed E-state index contributed by atoms with van der Waals surface area (Å²) in [6.45, 7) is 3.40. The van der Waals surface area contributed by atoms with Crippen molar-refractivity contribution in [3.63, 3.8) is 0 Å². The average molecular weight is 371 g/mol. The lowest BCUT2D eigenvalue weighted by atomic mass is 9.73. The van der Waals surface area contributed by atoms with Crippen molar-refractivity contribution >= 4 is 22.6 Å². The van der Waals surface area contributed by atoms with Crippen LogP contribution in [0.3, 0.4) is 0 Å². The molecule has 0 amide bonds. The molecule has 1 atom stereocenters. The predicted molar refractivity (Wildman–Crippen MR) is 88.9 cm³/mol. The van der Waals surface area contributed by atoms with E-state index in [-0.39, 0.29) is 5.41 Å². The normalized spacial score (nSPS) is 22.6. The van der Waals surface area contributed by atoms with E-state index in [4.69, 9.17) is 4.74 Å². The van der Waals surface area contributed by atoms with Crippen molar-refractivity contribution in [2.75, 3.05) is 18.2 Å². The molecule has 0 aromatic heterocycles. The molecule has 19 heavy (non-hydrogen) atoms. The maximum absolute atomic E-state index is 5.38. The largest absolute Gasteiger partial charge is 0.497 e. The topological polar surface area (TPSA) is 12.5 Å². The van der Waals surface area contributed by atoms with E-state index < -0.39 is 0 Å². The summed E-state index contributed by atoms with van der Waals surface area (Å²) in [4.78, 5) is 2.37. The van der Waals surface area contributed by atoms with Gasteiger partial charge in [-0.15, -0.1) is 0 Å². The van der Waals surface area contributed by atoms with Crippen LogP contribution >= 0.6 is 22.6 Å². The van der Waals surface area contributed by atoms with Crippen molar-refractivity contribution in [3.8, 4) is 5.75 Å². The number of hydrogen-bond donors (Lipinski definition) is 0. The number of benzene rings is 1. The summed E-state index contributed by atoms with van der Waals surface area (Å²) in [5, 5.41) is 0. The molecule has 1 unspecified atom stereocenters. The first kappa shape index (κ1) is 14.7. The van der Waals surface area contributed by atoms with Crippen LogP contribution in [0.1, 0.15) is 31.7 Å². The third-order valence-electron chi connectivity index (χ3n) is 3.94. The summed E-state index contributed by atoms with van der Waals surface area (Å²) in [7, 11) is 1.74. The molecule has 0 fully saturated rings. The number of nitrogens with zero attached hydrogens (tertiary/aromatic N) is 1. The van der Waals surface area contributed by atoms with Crippen LogP contribution in [0, 0.1) is 0 Å². The van der Waals surface area contributed by atoms with Gasteiger partial charge in [0, 0.05) is 12.0 Å². The van der Waals surface area contributed by atoms with E-state index in [2.05, 4.69) is 64.9 Å². The molecule has 1 aromatic carbocycles. The molecule has 1 heterocycles. The van der Waals surface area contributed by atoms with Crippen molar-refractivity contribution in [2.45, 2.75) is 31.6 Å². The Morgan fingerprint density at radius 3 is 2.84 bits per heavy atom. The van der Waals surface area contributed by atoms with E-state index >= 15 is 0 Å². The molecule has 0 N–H and O–H groups in total. The number of methoxy groups -OCH3 is 1. The molecule has 0 radical (unpaired) electrons. The lowest BCUT2D eigenvalue weighted by Crippen LogP contribution is -2.34. The van der Waals surface area contributed by atoms with Gasteiger partial charge in [0.15, 0.2) is 0 Å². The first-order valence-corrected chi connectivity index (χ1v) is 8.40. The number of hydrogen-bond acceptors (Lipinski definition) is 2. The van der Waals surface area contributed by atoms with Gasteiger partial charge in [-0.1, -0.05) is 54.1 Å². The maximum atomic E-state index is 5.38. The average Bonchev–Trinajstić information content (AvgIpc) is 2.48. The Kier molecular flexibility index (Phi) is 5.13. The Balaban J connectivity index is 2.34. The summed E-state index contributed by atoms with van der Waals surface area (Å²) >= 11 is 2.42. The van der Waals surface area contributed by atoms with Crippen molar-refractivity contribution in [1.82, 2.24) is 4.90 Å². The van der Waals surface area contributed by atoms with Crippen LogP contribution in [0.5, 0.6) is 5.75 Å². The summed E-state index contributed by atoms with van der Waals surface area (Å²) in [5.41, 5.74) is 1.57. The lowest BCUT2D eigenvalue weighted by molar-refractivity contribution is 0.322. The second-order valence-electron chi connectivity index (χ2n) is 5.14. The third-order valence-corrected chi connectivity index (χ3v) is 4.82. The van der Waals surface area contributed by atoms with Crippen LogP contribution in [0.4, 0.5) is 0 Å². The Labute approximate surface area is 130 Å². The Morgan fingerprint density at radius 2 is 2.26 bits per heavy atom. The van der Waals surface area contributed by atoms with Crippen LogP contribution in [0.2, 0.25) is 0 Å². The highest BCUT2D eigenvalue weighted by Gasteiger charge is 2.31. The van der Waals surface area contributed by atoms with E-state index in [1.807, 2.05) is 6.07 Å². The van der Waals surface area contributed by atoms with Crippen molar-refractivity contribution in [2.24, 2.45) is 0 Å². The van der Waals surface area contributed by atoms with Crippen LogP contribution in [0.25, 0.3) is 0 Å². The molecule has 0 saturated heterocycles. The molecule has 2 rings (SSSR count). The summed E-state index contributed by atoms with van der Waals surface area (Å²) in [5.74, 6) is 0.956. The second kappa shape index (κ2) is 6.64. The monoisotopic (exact) mass is 371 g/mol. The smallest absolute Gasteiger partial charge is 0.119 e. The highest BCUT2D eigenvalue weighted by Crippen LogP contribution is 2.38. The van der Waals surface area contributed by atoms with E-state index in [1.54, 1.807) is 7.11 Å². The minimum Gasteiger partial charge on any atom is -0.497 e. The molecule has 0 bridgehead atoms. The summed E-state index contributed by atoms with van der Waals surface area (Å²) in [6, 6.07) is 8.55. The van der Waals surface area contributed by atoms with Gasteiger partial charge in [-0.05, 0) is 36.7 Å². The molecule has 0 spiro atoms. The van der Waals surface area contributed by atoms with Gasteiger partial charge in [-0.2, -0.15) is 0 Å².